The average Bonchev–Trinajstić information content (AvgIpc) is 3.24. The summed E-state index contributed by atoms with van der Waals surface area (Å²) in [6, 6.07) is 14.8. The highest BCUT2D eigenvalue weighted by atomic mass is 35.5. The molecule has 3 aromatic carbocycles. The lowest BCUT2D eigenvalue weighted by atomic mass is 10.1. The Morgan fingerprint density at radius 2 is 1.67 bits per heavy atom. The van der Waals surface area contributed by atoms with Crippen molar-refractivity contribution in [2.24, 2.45) is 0 Å². The molecule has 1 N–H and O–H groups in total. The van der Waals surface area contributed by atoms with Crippen LogP contribution < -0.4 is 5.32 Å². The van der Waals surface area contributed by atoms with Crippen LogP contribution in [0.25, 0.3) is 5.69 Å². The first-order chi connectivity index (χ1) is 17.1. The van der Waals surface area contributed by atoms with Crippen LogP contribution in [0.2, 0.25) is 10.0 Å². The summed E-state index contributed by atoms with van der Waals surface area (Å²) in [6.07, 6.45) is -4.49. The summed E-state index contributed by atoms with van der Waals surface area (Å²) in [6.45, 7) is -0.0804. The fraction of sp³-hybridized carbons (Fsp3) is 0.125. The number of amides is 1. The molecule has 0 fully saturated rings. The van der Waals surface area contributed by atoms with E-state index < -0.39 is 17.6 Å². The molecular weight excluding hydrogens is 539 g/mol. The Hall–Kier alpha value is -3.08. The van der Waals surface area contributed by atoms with Gasteiger partial charge in [-0.15, -0.1) is 10.2 Å². The van der Waals surface area contributed by atoms with Gasteiger partial charge in [0, 0.05) is 16.3 Å². The number of aromatic nitrogens is 3. The monoisotopic (exact) mass is 554 g/mol. The van der Waals surface area contributed by atoms with Crippen LogP contribution in [0.5, 0.6) is 0 Å². The van der Waals surface area contributed by atoms with Gasteiger partial charge in [0.05, 0.1) is 22.8 Å². The van der Waals surface area contributed by atoms with Crippen molar-refractivity contribution in [3.63, 3.8) is 0 Å². The standard InChI is InChI=1S/C24H16Cl2F4N4OS/c25-17-7-10-20(19(26)11-17)34-21(32-33-23(34)36-13-14-1-8-18(27)9-2-14)12-31-22(35)15-3-5-16(6-4-15)24(28,29)30/h1-11H,12-13H2,(H,31,35). The van der Waals surface area contributed by atoms with Crippen molar-refractivity contribution in [3.8, 4) is 5.69 Å². The van der Waals surface area contributed by atoms with Crippen LogP contribution in [0.1, 0.15) is 27.3 Å². The van der Waals surface area contributed by atoms with E-state index in [0.29, 0.717) is 32.5 Å². The molecule has 0 radical (unpaired) electrons. The fourth-order valence-corrected chi connectivity index (χ4v) is 4.63. The number of hydrogen-bond acceptors (Lipinski definition) is 4. The molecule has 0 saturated carbocycles. The van der Waals surface area contributed by atoms with Gasteiger partial charge in [-0.25, -0.2) is 4.39 Å². The van der Waals surface area contributed by atoms with Gasteiger partial charge in [-0.3, -0.25) is 9.36 Å². The molecule has 1 heterocycles. The highest BCUT2D eigenvalue weighted by molar-refractivity contribution is 7.98. The molecule has 0 saturated heterocycles. The Morgan fingerprint density at radius 3 is 2.31 bits per heavy atom. The number of alkyl halides is 3. The van der Waals surface area contributed by atoms with E-state index in [1.54, 1.807) is 34.9 Å². The number of thioether (sulfide) groups is 1. The van der Waals surface area contributed by atoms with Crippen LogP contribution in [0.3, 0.4) is 0 Å². The minimum Gasteiger partial charge on any atom is -0.345 e. The molecule has 36 heavy (non-hydrogen) atoms. The second-order valence-corrected chi connectivity index (χ2v) is 9.29. The largest absolute Gasteiger partial charge is 0.416 e. The van der Waals surface area contributed by atoms with Crippen molar-refractivity contribution in [1.82, 2.24) is 20.1 Å². The summed E-state index contributed by atoms with van der Waals surface area (Å²) >= 11 is 13.8. The molecule has 0 aliphatic rings. The zero-order valence-corrected chi connectivity index (χ0v) is 20.5. The van der Waals surface area contributed by atoms with E-state index in [1.165, 1.54) is 23.9 Å². The van der Waals surface area contributed by atoms with Crippen molar-refractivity contribution in [1.29, 1.82) is 0 Å². The van der Waals surface area contributed by atoms with E-state index in [1.807, 2.05) is 0 Å². The third kappa shape index (κ3) is 6.18. The van der Waals surface area contributed by atoms with Crippen molar-refractivity contribution in [2.75, 3.05) is 0 Å². The van der Waals surface area contributed by atoms with Crippen LogP contribution in [-0.4, -0.2) is 20.7 Å². The van der Waals surface area contributed by atoms with Crippen molar-refractivity contribution in [2.45, 2.75) is 23.6 Å². The zero-order valence-electron chi connectivity index (χ0n) is 18.2. The summed E-state index contributed by atoms with van der Waals surface area (Å²) in [7, 11) is 0. The summed E-state index contributed by atoms with van der Waals surface area (Å²) in [5.74, 6) is -0.130. The molecule has 1 aromatic heterocycles. The van der Waals surface area contributed by atoms with Gasteiger partial charge < -0.3 is 5.32 Å². The fourth-order valence-electron chi connectivity index (χ4n) is 3.21. The number of nitrogens with zero attached hydrogens (tertiary/aromatic N) is 3. The number of carbonyl (C=O) groups excluding carboxylic acids is 1. The predicted octanol–water partition coefficient (Wildman–Crippen LogP) is 6.95. The van der Waals surface area contributed by atoms with Gasteiger partial charge in [0.15, 0.2) is 11.0 Å². The molecular formula is C24H16Cl2F4N4OS. The van der Waals surface area contributed by atoms with E-state index in [-0.39, 0.29) is 17.9 Å². The van der Waals surface area contributed by atoms with E-state index in [2.05, 4.69) is 15.5 Å². The minimum atomic E-state index is -4.49. The Balaban J connectivity index is 1.56. The van der Waals surface area contributed by atoms with Crippen LogP contribution in [0, 0.1) is 5.82 Å². The number of carbonyl (C=O) groups is 1. The third-order valence-electron chi connectivity index (χ3n) is 5.01. The quantitative estimate of drug-likeness (QED) is 0.198. The van der Waals surface area contributed by atoms with Gasteiger partial charge >= 0.3 is 6.18 Å². The molecule has 4 rings (SSSR count). The molecule has 0 atom stereocenters. The number of benzene rings is 3. The van der Waals surface area contributed by atoms with Crippen LogP contribution in [-0.2, 0) is 18.5 Å². The lowest BCUT2D eigenvalue weighted by molar-refractivity contribution is -0.137. The lowest BCUT2D eigenvalue weighted by Crippen LogP contribution is -2.24. The van der Waals surface area contributed by atoms with Gasteiger partial charge in [-0.2, -0.15) is 13.2 Å². The zero-order chi connectivity index (χ0) is 25.9. The van der Waals surface area contributed by atoms with Crippen LogP contribution in [0.15, 0.2) is 71.9 Å². The first-order valence-electron chi connectivity index (χ1n) is 10.3. The Kier molecular flexibility index (Phi) is 7.87. The summed E-state index contributed by atoms with van der Waals surface area (Å²) in [5, 5.41) is 12.2. The predicted molar refractivity (Wildman–Crippen MR) is 130 cm³/mol. The maximum atomic E-state index is 13.2. The summed E-state index contributed by atoms with van der Waals surface area (Å²) in [4.78, 5) is 12.6. The first kappa shape index (κ1) is 26.0. The van der Waals surface area contributed by atoms with Crippen LogP contribution in [0.4, 0.5) is 17.6 Å². The maximum absolute atomic E-state index is 13.2. The van der Waals surface area contributed by atoms with Crippen molar-refractivity contribution >= 4 is 40.9 Å². The van der Waals surface area contributed by atoms with Gasteiger partial charge in [-0.05, 0) is 60.2 Å². The molecule has 0 unspecified atom stereocenters. The molecule has 186 valence electrons. The molecule has 1 amide bonds. The summed E-state index contributed by atoms with van der Waals surface area (Å²) in [5.41, 5.74) is 0.588. The van der Waals surface area contributed by atoms with E-state index in [0.717, 1.165) is 29.8 Å². The first-order valence-corrected chi connectivity index (χ1v) is 12.1. The Morgan fingerprint density at radius 1 is 0.972 bits per heavy atom. The van der Waals surface area contributed by atoms with E-state index in [4.69, 9.17) is 23.2 Å². The van der Waals surface area contributed by atoms with Crippen LogP contribution >= 0.6 is 35.0 Å². The number of halogens is 6. The van der Waals surface area contributed by atoms with Crippen molar-refractivity contribution in [3.05, 3.63) is 105 Å². The van der Waals surface area contributed by atoms with Gasteiger partial charge in [0.25, 0.3) is 5.91 Å². The molecule has 0 spiro atoms. The molecule has 0 bridgehead atoms. The molecule has 12 heteroatoms. The summed E-state index contributed by atoms with van der Waals surface area (Å²) < 4.78 is 53.2. The minimum absolute atomic E-state index is 0.0597. The number of nitrogens with one attached hydrogen (secondary N) is 1. The van der Waals surface area contributed by atoms with Gasteiger partial charge in [0.1, 0.15) is 5.82 Å². The van der Waals surface area contributed by atoms with Gasteiger partial charge in [-0.1, -0.05) is 47.1 Å². The lowest BCUT2D eigenvalue weighted by Gasteiger charge is -2.13. The second-order valence-electron chi connectivity index (χ2n) is 7.50. The highest BCUT2D eigenvalue weighted by Crippen LogP contribution is 2.31. The van der Waals surface area contributed by atoms with Crippen molar-refractivity contribution < 1.29 is 22.4 Å². The SMILES string of the molecule is O=C(NCc1nnc(SCc2ccc(F)cc2)n1-c1ccc(Cl)cc1Cl)c1ccc(C(F)(F)F)cc1. The van der Waals surface area contributed by atoms with Gasteiger partial charge in [0.2, 0.25) is 0 Å². The molecule has 0 aliphatic heterocycles. The highest BCUT2D eigenvalue weighted by Gasteiger charge is 2.30. The van der Waals surface area contributed by atoms with E-state index in [9.17, 15) is 22.4 Å². The molecule has 5 nitrogen and oxygen atoms in total. The normalized spacial score (nSPS) is 11.5. The smallest absolute Gasteiger partial charge is 0.345 e. The third-order valence-corrected chi connectivity index (χ3v) is 6.55. The average molecular weight is 555 g/mol. The number of hydrogen-bond donors (Lipinski definition) is 1. The molecule has 4 aromatic rings. The molecule has 0 aliphatic carbocycles. The Labute approximate surface area is 217 Å². The van der Waals surface area contributed by atoms with E-state index >= 15 is 0 Å². The number of rotatable bonds is 7. The second kappa shape index (κ2) is 10.9. The topological polar surface area (TPSA) is 59.8 Å². The maximum Gasteiger partial charge on any atom is 0.416 e. The Bertz CT molecular complexity index is 1380.